The Balaban J connectivity index is 2.35. The van der Waals surface area contributed by atoms with Crippen LogP contribution in [0.5, 0.6) is 5.75 Å². The summed E-state index contributed by atoms with van der Waals surface area (Å²) >= 11 is 5.65. The highest BCUT2D eigenvalue weighted by Crippen LogP contribution is 2.26. The smallest absolute Gasteiger partial charge is 0.261 e. The molecule has 0 bridgehead atoms. The summed E-state index contributed by atoms with van der Waals surface area (Å²) in [6.45, 7) is 1.90. The largest absolute Gasteiger partial charge is 0.496 e. The highest BCUT2D eigenvalue weighted by Gasteiger charge is 2.17. The van der Waals surface area contributed by atoms with Crippen LogP contribution in [-0.4, -0.2) is 15.5 Å². The van der Waals surface area contributed by atoms with Crippen molar-refractivity contribution in [2.24, 2.45) is 0 Å². The number of hydrogen-bond acceptors (Lipinski definition) is 3. The first-order valence-electron chi connectivity index (χ1n) is 6.52. The maximum atomic E-state index is 13.1. The molecule has 0 unspecified atom stereocenters. The van der Waals surface area contributed by atoms with E-state index in [0.29, 0.717) is 12.2 Å². The Kier molecular flexibility index (Phi) is 4.93. The molecule has 2 rings (SSSR count). The van der Waals surface area contributed by atoms with E-state index >= 15 is 0 Å². The quantitative estimate of drug-likeness (QED) is 0.897. The molecule has 0 heterocycles. The first-order valence-corrected chi connectivity index (χ1v) is 8.38. The molecule has 2 aromatic rings. The lowest BCUT2D eigenvalue weighted by Gasteiger charge is -2.12. The molecule has 0 saturated heterocycles. The van der Waals surface area contributed by atoms with Crippen LogP contribution in [0.15, 0.2) is 41.3 Å². The lowest BCUT2D eigenvalue weighted by molar-refractivity contribution is 0.409. The Bertz CT molecular complexity index is 793. The molecule has 0 amide bonds. The summed E-state index contributed by atoms with van der Waals surface area (Å²) in [4.78, 5) is 0.102. The number of ether oxygens (including phenoxy) is 1. The van der Waals surface area contributed by atoms with Gasteiger partial charge in [0.25, 0.3) is 10.0 Å². The highest BCUT2D eigenvalue weighted by molar-refractivity contribution is 7.92. The molecule has 0 spiro atoms. The molecule has 0 radical (unpaired) electrons. The average molecular weight is 344 g/mol. The van der Waals surface area contributed by atoms with Crippen molar-refractivity contribution >= 4 is 27.3 Å². The van der Waals surface area contributed by atoms with Crippen molar-refractivity contribution in [3.8, 4) is 5.75 Å². The molecule has 0 aliphatic rings. The van der Waals surface area contributed by atoms with Crippen molar-refractivity contribution in [3.63, 3.8) is 0 Å². The minimum absolute atomic E-state index is 0.102. The van der Waals surface area contributed by atoms with Gasteiger partial charge in [0.05, 0.1) is 22.7 Å². The van der Waals surface area contributed by atoms with Crippen molar-refractivity contribution in [2.45, 2.75) is 18.2 Å². The molecule has 0 fully saturated rings. The summed E-state index contributed by atoms with van der Waals surface area (Å²) in [5, 5.41) is -0.149. The summed E-state index contributed by atoms with van der Waals surface area (Å²) in [7, 11) is -2.26. The van der Waals surface area contributed by atoms with Crippen molar-refractivity contribution in [2.75, 3.05) is 11.8 Å². The zero-order chi connectivity index (χ0) is 16.3. The summed E-state index contributed by atoms with van der Waals surface area (Å²) in [6, 6.07) is 8.23. The normalized spacial score (nSPS) is 11.3. The average Bonchev–Trinajstić information content (AvgIpc) is 2.50. The molecule has 0 aliphatic carbocycles. The maximum Gasteiger partial charge on any atom is 0.261 e. The van der Waals surface area contributed by atoms with Crippen LogP contribution in [0.2, 0.25) is 5.02 Å². The summed E-state index contributed by atoms with van der Waals surface area (Å²) in [5.41, 5.74) is 0.975. The van der Waals surface area contributed by atoms with Crippen LogP contribution in [0.25, 0.3) is 0 Å². The van der Waals surface area contributed by atoms with Gasteiger partial charge in [0, 0.05) is 0 Å². The standard InChI is InChI=1S/C15H15ClFNO3S/c1-3-10-8-12(5-7-15(10)21-2)22(19,20)18-11-4-6-14(17)13(16)9-11/h4-9,18H,3H2,1-2H3. The van der Waals surface area contributed by atoms with Crippen molar-refractivity contribution in [1.82, 2.24) is 0 Å². The number of aryl methyl sites for hydroxylation is 1. The first-order chi connectivity index (χ1) is 10.4. The predicted octanol–water partition coefficient (Wildman–Crippen LogP) is 3.85. The van der Waals surface area contributed by atoms with Gasteiger partial charge in [-0.3, -0.25) is 4.72 Å². The monoisotopic (exact) mass is 343 g/mol. The second kappa shape index (κ2) is 6.54. The predicted molar refractivity (Wildman–Crippen MR) is 84.6 cm³/mol. The topological polar surface area (TPSA) is 55.4 Å². The van der Waals surface area contributed by atoms with E-state index in [1.165, 1.54) is 25.3 Å². The van der Waals surface area contributed by atoms with Gasteiger partial charge in [0.2, 0.25) is 0 Å². The van der Waals surface area contributed by atoms with Crippen LogP contribution < -0.4 is 9.46 Å². The molecule has 1 N–H and O–H groups in total. The molecule has 4 nitrogen and oxygen atoms in total. The van der Waals surface area contributed by atoms with E-state index in [-0.39, 0.29) is 15.6 Å². The molecule has 0 aromatic heterocycles. The van der Waals surface area contributed by atoms with Crippen LogP contribution in [0.4, 0.5) is 10.1 Å². The van der Waals surface area contributed by atoms with Gasteiger partial charge in [0.15, 0.2) is 0 Å². The Morgan fingerprint density at radius 1 is 1.23 bits per heavy atom. The zero-order valence-corrected chi connectivity index (χ0v) is 13.6. The second-order valence-corrected chi connectivity index (χ2v) is 6.65. The van der Waals surface area contributed by atoms with Gasteiger partial charge >= 0.3 is 0 Å². The fourth-order valence-electron chi connectivity index (χ4n) is 1.97. The van der Waals surface area contributed by atoms with Gasteiger partial charge in [-0.25, -0.2) is 12.8 Å². The second-order valence-electron chi connectivity index (χ2n) is 4.56. The van der Waals surface area contributed by atoms with Crippen LogP contribution in [0.3, 0.4) is 0 Å². The fourth-order valence-corrected chi connectivity index (χ4v) is 3.25. The number of methoxy groups -OCH3 is 1. The number of nitrogens with one attached hydrogen (secondary N) is 1. The van der Waals surface area contributed by atoms with Gasteiger partial charge in [0.1, 0.15) is 11.6 Å². The van der Waals surface area contributed by atoms with Crippen molar-refractivity contribution < 1.29 is 17.5 Å². The molecular weight excluding hydrogens is 329 g/mol. The molecule has 22 heavy (non-hydrogen) atoms. The molecule has 2 aromatic carbocycles. The number of anilines is 1. The third kappa shape index (κ3) is 3.51. The van der Waals surface area contributed by atoms with Crippen LogP contribution in [0.1, 0.15) is 12.5 Å². The van der Waals surface area contributed by atoms with Gasteiger partial charge < -0.3 is 4.74 Å². The Labute approximate surface area is 133 Å². The minimum Gasteiger partial charge on any atom is -0.496 e. The summed E-state index contributed by atoms with van der Waals surface area (Å²) in [6.07, 6.45) is 0.634. The zero-order valence-electron chi connectivity index (χ0n) is 12.1. The lowest BCUT2D eigenvalue weighted by atomic mass is 10.1. The number of sulfonamides is 1. The molecule has 0 saturated carbocycles. The Hall–Kier alpha value is -1.79. The number of rotatable bonds is 5. The Morgan fingerprint density at radius 3 is 2.55 bits per heavy atom. The lowest BCUT2D eigenvalue weighted by Crippen LogP contribution is -2.13. The van der Waals surface area contributed by atoms with E-state index in [1.54, 1.807) is 12.1 Å². The summed E-state index contributed by atoms with van der Waals surface area (Å²) < 4.78 is 45.4. The van der Waals surface area contributed by atoms with E-state index in [0.717, 1.165) is 11.6 Å². The molecule has 118 valence electrons. The van der Waals surface area contributed by atoms with Gasteiger partial charge in [-0.05, 0) is 48.4 Å². The van der Waals surface area contributed by atoms with Crippen LogP contribution >= 0.6 is 11.6 Å². The number of benzene rings is 2. The van der Waals surface area contributed by atoms with E-state index in [4.69, 9.17) is 16.3 Å². The molecule has 0 aliphatic heterocycles. The first kappa shape index (κ1) is 16.6. The molecule has 7 heteroatoms. The van der Waals surface area contributed by atoms with Gasteiger partial charge in [-0.1, -0.05) is 18.5 Å². The van der Waals surface area contributed by atoms with Crippen LogP contribution in [0, 0.1) is 5.82 Å². The highest BCUT2D eigenvalue weighted by atomic mass is 35.5. The third-order valence-electron chi connectivity index (χ3n) is 3.11. The Morgan fingerprint density at radius 2 is 1.95 bits per heavy atom. The fraction of sp³-hybridized carbons (Fsp3) is 0.200. The van der Waals surface area contributed by atoms with Crippen molar-refractivity contribution in [1.29, 1.82) is 0 Å². The van der Waals surface area contributed by atoms with Gasteiger partial charge in [-0.15, -0.1) is 0 Å². The minimum atomic E-state index is -3.79. The maximum absolute atomic E-state index is 13.1. The van der Waals surface area contributed by atoms with E-state index in [2.05, 4.69) is 4.72 Å². The van der Waals surface area contributed by atoms with E-state index in [1.807, 2.05) is 6.92 Å². The SMILES string of the molecule is CCc1cc(S(=O)(=O)Nc2ccc(F)c(Cl)c2)ccc1OC. The third-order valence-corrected chi connectivity index (χ3v) is 4.78. The van der Waals surface area contributed by atoms with Crippen molar-refractivity contribution in [3.05, 3.63) is 52.8 Å². The molecule has 0 atom stereocenters. The van der Waals surface area contributed by atoms with Gasteiger partial charge in [-0.2, -0.15) is 0 Å². The summed E-state index contributed by atoms with van der Waals surface area (Å²) in [5.74, 6) is 0.0219. The van der Waals surface area contributed by atoms with Crippen LogP contribution in [-0.2, 0) is 16.4 Å². The van der Waals surface area contributed by atoms with E-state index < -0.39 is 15.8 Å². The number of halogens is 2. The molecular formula is C15H15ClFNO3S. The number of hydrogen-bond donors (Lipinski definition) is 1. The van der Waals surface area contributed by atoms with E-state index in [9.17, 15) is 12.8 Å².